The van der Waals surface area contributed by atoms with Crippen molar-refractivity contribution < 1.29 is 4.74 Å². The van der Waals surface area contributed by atoms with Crippen LogP contribution in [0.4, 0.5) is 0 Å². The maximum absolute atomic E-state index is 5.45. The van der Waals surface area contributed by atoms with Crippen LogP contribution in [0.5, 0.6) is 0 Å². The molecule has 0 radical (unpaired) electrons. The standard InChI is InChI=1S/C12H23N3O/c1-10-11(9-16-2)15-12(14-10)7-5-3-4-6-8-13/h3-9,13H2,1-2H3,(H,14,15). The largest absolute Gasteiger partial charge is 0.378 e. The van der Waals surface area contributed by atoms with Gasteiger partial charge >= 0.3 is 0 Å². The van der Waals surface area contributed by atoms with Crippen molar-refractivity contribution in [1.29, 1.82) is 0 Å². The van der Waals surface area contributed by atoms with Gasteiger partial charge in [0.1, 0.15) is 5.82 Å². The molecule has 0 spiro atoms. The summed E-state index contributed by atoms with van der Waals surface area (Å²) in [4.78, 5) is 7.82. The second kappa shape index (κ2) is 7.41. The van der Waals surface area contributed by atoms with Gasteiger partial charge in [-0.2, -0.15) is 0 Å². The third kappa shape index (κ3) is 4.33. The molecule has 1 heterocycles. The summed E-state index contributed by atoms with van der Waals surface area (Å²) in [7, 11) is 1.70. The van der Waals surface area contributed by atoms with Crippen molar-refractivity contribution in [3.63, 3.8) is 0 Å². The molecule has 1 aromatic heterocycles. The fourth-order valence-electron chi connectivity index (χ4n) is 1.75. The molecule has 3 N–H and O–H groups in total. The number of nitrogens with one attached hydrogen (secondary N) is 1. The van der Waals surface area contributed by atoms with Crippen LogP contribution < -0.4 is 5.73 Å². The Bertz CT molecular complexity index is 296. The van der Waals surface area contributed by atoms with Crippen LogP contribution in [0.15, 0.2) is 0 Å². The number of methoxy groups -OCH3 is 1. The van der Waals surface area contributed by atoms with Gasteiger partial charge in [-0.25, -0.2) is 4.98 Å². The summed E-state index contributed by atoms with van der Waals surface area (Å²) in [6, 6.07) is 0. The highest BCUT2D eigenvalue weighted by molar-refractivity contribution is 5.12. The van der Waals surface area contributed by atoms with Crippen LogP contribution >= 0.6 is 0 Å². The van der Waals surface area contributed by atoms with E-state index in [1.54, 1.807) is 7.11 Å². The van der Waals surface area contributed by atoms with E-state index in [2.05, 4.69) is 9.97 Å². The maximum Gasteiger partial charge on any atom is 0.106 e. The Morgan fingerprint density at radius 1 is 1.25 bits per heavy atom. The average molecular weight is 225 g/mol. The third-order valence-corrected chi connectivity index (χ3v) is 2.68. The van der Waals surface area contributed by atoms with Crippen molar-refractivity contribution in [3.8, 4) is 0 Å². The number of nitrogens with two attached hydrogens (primary N) is 1. The van der Waals surface area contributed by atoms with Crippen molar-refractivity contribution >= 4 is 0 Å². The minimum Gasteiger partial charge on any atom is -0.378 e. The molecule has 92 valence electrons. The highest BCUT2D eigenvalue weighted by Gasteiger charge is 2.05. The summed E-state index contributed by atoms with van der Waals surface area (Å²) in [6.45, 7) is 3.44. The van der Waals surface area contributed by atoms with Gasteiger partial charge in [-0.15, -0.1) is 0 Å². The van der Waals surface area contributed by atoms with Gasteiger partial charge in [-0.05, 0) is 26.3 Å². The molecule has 0 atom stereocenters. The molecule has 0 unspecified atom stereocenters. The number of hydrogen-bond donors (Lipinski definition) is 2. The lowest BCUT2D eigenvalue weighted by molar-refractivity contribution is 0.181. The molecule has 0 aliphatic rings. The normalized spacial score (nSPS) is 10.9. The van der Waals surface area contributed by atoms with E-state index in [0.717, 1.165) is 36.6 Å². The predicted molar refractivity (Wildman–Crippen MR) is 65.3 cm³/mol. The number of aryl methyl sites for hydroxylation is 2. The molecular formula is C12H23N3O. The smallest absolute Gasteiger partial charge is 0.106 e. The zero-order valence-electron chi connectivity index (χ0n) is 10.4. The molecule has 0 saturated carbocycles. The van der Waals surface area contributed by atoms with Gasteiger partial charge in [0.05, 0.1) is 12.3 Å². The third-order valence-electron chi connectivity index (χ3n) is 2.68. The van der Waals surface area contributed by atoms with Crippen molar-refractivity contribution in [3.05, 3.63) is 17.2 Å². The van der Waals surface area contributed by atoms with Gasteiger partial charge in [-0.3, -0.25) is 0 Å². The zero-order valence-corrected chi connectivity index (χ0v) is 10.4. The number of rotatable bonds is 8. The Labute approximate surface area is 97.6 Å². The first kappa shape index (κ1) is 13.2. The van der Waals surface area contributed by atoms with Gasteiger partial charge in [0.15, 0.2) is 0 Å². The number of aromatic nitrogens is 2. The summed E-state index contributed by atoms with van der Waals surface area (Å²) < 4.78 is 5.08. The number of unbranched alkanes of at least 4 members (excludes halogenated alkanes) is 3. The molecule has 16 heavy (non-hydrogen) atoms. The monoisotopic (exact) mass is 225 g/mol. The van der Waals surface area contributed by atoms with E-state index in [9.17, 15) is 0 Å². The molecule has 0 fully saturated rings. The molecule has 4 heteroatoms. The molecule has 1 rings (SSSR count). The van der Waals surface area contributed by atoms with Crippen LogP contribution in [0, 0.1) is 6.92 Å². The number of ether oxygens (including phenoxy) is 1. The highest BCUT2D eigenvalue weighted by atomic mass is 16.5. The van der Waals surface area contributed by atoms with Crippen LogP contribution in [0.3, 0.4) is 0 Å². The predicted octanol–water partition coefficient (Wildman–Crippen LogP) is 1.93. The van der Waals surface area contributed by atoms with Gasteiger partial charge in [0.25, 0.3) is 0 Å². The van der Waals surface area contributed by atoms with E-state index in [-0.39, 0.29) is 0 Å². The summed E-state index contributed by atoms with van der Waals surface area (Å²) in [5.74, 6) is 1.08. The fourth-order valence-corrected chi connectivity index (χ4v) is 1.75. The Balaban J connectivity index is 2.28. The summed E-state index contributed by atoms with van der Waals surface area (Å²) in [5, 5.41) is 0. The van der Waals surface area contributed by atoms with E-state index in [1.807, 2.05) is 6.92 Å². The van der Waals surface area contributed by atoms with E-state index < -0.39 is 0 Å². The molecular weight excluding hydrogens is 202 g/mol. The van der Waals surface area contributed by atoms with E-state index in [0.29, 0.717) is 6.61 Å². The highest BCUT2D eigenvalue weighted by Crippen LogP contribution is 2.09. The molecule has 0 aliphatic heterocycles. The Hall–Kier alpha value is -0.870. The van der Waals surface area contributed by atoms with Crippen LogP contribution in [0.25, 0.3) is 0 Å². The number of nitrogens with zero attached hydrogens (tertiary/aromatic N) is 1. The van der Waals surface area contributed by atoms with Crippen molar-refractivity contribution in [2.75, 3.05) is 13.7 Å². The second-order valence-electron chi connectivity index (χ2n) is 4.14. The van der Waals surface area contributed by atoms with Crippen LogP contribution in [-0.2, 0) is 17.8 Å². The lowest BCUT2D eigenvalue weighted by atomic mass is 10.1. The minimum absolute atomic E-state index is 0.593. The zero-order chi connectivity index (χ0) is 11.8. The summed E-state index contributed by atoms with van der Waals surface area (Å²) in [6.07, 6.45) is 5.79. The number of imidazole rings is 1. The van der Waals surface area contributed by atoms with Gasteiger partial charge < -0.3 is 15.5 Å². The first-order valence-corrected chi connectivity index (χ1v) is 6.01. The van der Waals surface area contributed by atoms with Crippen molar-refractivity contribution in [2.24, 2.45) is 5.73 Å². The maximum atomic E-state index is 5.45. The molecule has 0 saturated heterocycles. The van der Waals surface area contributed by atoms with Crippen molar-refractivity contribution in [1.82, 2.24) is 9.97 Å². The molecule has 1 aromatic rings. The molecule has 0 amide bonds. The SMILES string of the molecule is COCc1nc(CCCCCCN)[nH]c1C. The summed E-state index contributed by atoms with van der Waals surface area (Å²) >= 11 is 0. The van der Waals surface area contributed by atoms with E-state index in [1.165, 1.54) is 19.3 Å². The fraction of sp³-hybridized carbons (Fsp3) is 0.750. The van der Waals surface area contributed by atoms with Crippen LogP contribution in [0.2, 0.25) is 0 Å². The number of aromatic amines is 1. The average Bonchev–Trinajstić information content (AvgIpc) is 2.60. The van der Waals surface area contributed by atoms with E-state index >= 15 is 0 Å². The lowest BCUT2D eigenvalue weighted by Crippen LogP contribution is -1.98. The van der Waals surface area contributed by atoms with Gasteiger partial charge in [-0.1, -0.05) is 12.8 Å². The Morgan fingerprint density at radius 3 is 2.69 bits per heavy atom. The molecule has 0 aromatic carbocycles. The first-order chi connectivity index (χ1) is 7.77. The van der Waals surface area contributed by atoms with Gasteiger partial charge in [0, 0.05) is 19.2 Å². The molecule has 0 bridgehead atoms. The number of H-pyrrole nitrogens is 1. The molecule has 0 aliphatic carbocycles. The number of hydrogen-bond acceptors (Lipinski definition) is 3. The van der Waals surface area contributed by atoms with Crippen molar-refractivity contribution in [2.45, 2.75) is 45.6 Å². The Morgan fingerprint density at radius 2 is 2.00 bits per heavy atom. The first-order valence-electron chi connectivity index (χ1n) is 6.01. The van der Waals surface area contributed by atoms with E-state index in [4.69, 9.17) is 10.5 Å². The lowest BCUT2D eigenvalue weighted by Gasteiger charge is -1.97. The Kier molecular flexibility index (Phi) is 6.11. The minimum atomic E-state index is 0.593. The van der Waals surface area contributed by atoms with Crippen LogP contribution in [0.1, 0.15) is 42.9 Å². The topological polar surface area (TPSA) is 63.9 Å². The molecule has 4 nitrogen and oxygen atoms in total. The van der Waals surface area contributed by atoms with Crippen LogP contribution in [-0.4, -0.2) is 23.6 Å². The van der Waals surface area contributed by atoms with Gasteiger partial charge in [0.2, 0.25) is 0 Å². The quantitative estimate of drug-likeness (QED) is 0.664. The second-order valence-corrected chi connectivity index (χ2v) is 4.14. The summed E-state index contributed by atoms with van der Waals surface area (Å²) in [5.41, 5.74) is 7.60.